The third-order valence-corrected chi connectivity index (χ3v) is 2.45. The van der Waals surface area contributed by atoms with E-state index < -0.39 is 12.5 Å². The predicted molar refractivity (Wildman–Crippen MR) is 66.0 cm³/mol. The summed E-state index contributed by atoms with van der Waals surface area (Å²) in [7, 11) is 1.55. The van der Waals surface area contributed by atoms with Gasteiger partial charge < -0.3 is 19.4 Å². The van der Waals surface area contributed by atoms with Gasteiger partial charge in [-0.2, -0.15) is 4.80 Å². The first-order valence-electron chi connectivity index (χ1n) is 5.93. The standard InChI is InChI=1S/C12H14N4O4/c1-3-20-10-6-8(4-5-9(10)19-2)12-13-15-16(14-12)7-11(17)18/h4-6H,3,7H2,1-2H3,(H,17,18)/p-1. The van der Waals surface area contributed by atoms with E-state index in [0.717, 1.165) is 4.80 Å². The average molecular weight is 277 g/mol. The van der Waals surface area contributed by atoms with Gasteiger partial charge in [-0.05, 0) is 30.3 Å². The lowest BCUT2D eigenvalue weighted by molar-refractivity contribution is -0.307. The van der Waals surface area contributed by atoms with Gasteiger partial charge in [0, 0.05) is 5.56 Å². The largest absolute Gasteiger partial charge is 0.548 e. The highest BCUT2D eigenvalue weighted by atomic mass is 16.5. The van der Waals surface area contributed by atoms with Crippen molar-refractivity contribution in [3.05, 3.63) is 18.2 Å². The summed E-state index contributed by atoms with van der Waals surface area (Å²) in [4.78, 5) is 11.4. The number of hydrogen-bond acceptors (Lipinski definition) is 7. The van der Waals surface area contributed by atoms with Crippen molar-refractivity contribution in [1.82, 2.24) is 20.2 Å². The van der Waals surface area contributed by atoms with E-state index >= 15 is 0 Å². The summed E-state index contributed by atoms with van der Waals surface area (Å²) in [6, 6.07) is 5.17. The Morgan fingerprint density at radius 3 is 2.85 bits per heavy atom. The van der Waals surface area contributed by atoms with Crippen LogP contribution in [0.5, 0.6) is 11.5 Å². The number of aromatic nitrogens is 4. The molecule has 106 valence electrons. The Hall–Kier alpha value is -2.64. The number of benzene rings is 1. The molecule has 0 radical (unpaired) electrons. The summed E-state index contributed by atoms with van der Waals surface area (Å²) in [5.41, 5.74) is 0.652. The first-order chi connectivity index (χ1) is 9.63. The summed E-state index contributed by atoms with van der Waals surface area (Å²) >= 11 is 0. The van der Waals surface area contributed by atoms with Crippen LogP contribution in [-0.2, 0) is 11.3 Å². The Balaban J connectivity index is 2.30. The van der Waals surface area contributed by atoms with Crippen LogP contribution in [0.2, 0.25) is 0 Å². The van der Waals surface area contributed by atoms with Gasteiger partial charge >= 0.3 is 0 Å². The highest BCUT2D eigenvalue weighted by Crippen LogP contribution is 2.31. The molecule has 1 aromatic carbocycles. The molecule has 0 saturated carbocycles. The molecule has 1 aromatic heterocycles. The molecule has 0 saturated heterocycles. The van der Waals surface area contributed by atoms with Crippen molar-refractivity contribution in [2.75, 3.05) is 13.7 Å². The van der Waals surface area contributed by atoms with Crippen LogP contribution in [0.15, 0.2) is 18.2 Å². The van der Waals surface area contributed by atoms with Crippen molar-refractivity contribution in [3.8, 4) is 22.9 Å². The third-order valence-electron chi connectivity index (χ3n) is 2.45. The Kier molecular flexibility index (Phi) is 4.14. The fourth-order valence-electron chi connectivity index (χ4n) is 1.63. The van der Waals surface area contributed by atoms with Crippen molar-refractivity contribution in [1.29, 1.82) is 0 Å². The highest BCUT2D eigenvalue weighted by molar-refractivity contribution is 5.64. The average Bonchev–Trinajstić information content (AvgIpc) is 2.86. The van der Waals surface area contributed by atoms with Crippen LogP contribution in [0, 0.1) is 0 Å². The fraction of sp³-hybridized carbons (Fsp3) is 0.333. The SMILES string of the molecule is CCOc1cc(-c2nnn(CC(=O)[O-])n2)ccc1OC. The summed E-state index contributed by atoms with van der Waals surface area (Å²) in [6.07, 6.45) is 0. The zero-order valence-corrected chi connectivity index (χ0v) is 11.1. The molecule has 0 aliphatic carbocycles. The number of tetrazole rings is 1. The Morgan fingerprint density at radius 1 is 1.40 bits per heavy atom. The molecule has 0 bridgehead atoms. The molecule has 0 unspecified atom stereocenters. The molecule has 0 spiro atoms. The van der Waals surface area contributed by atoms with E-state index in [0.29, 0.717) is 29.5 Å². The molecule has 8 heteroatoms. The van der Waals surface area contributed by atoms with Gasteiger partial charge in [0.15, 0.2) is 11.5 Å². The number of carbonyl (C=O) groups is 1. The quantitative estimate of drug-likeness (QED) is 0.701. The van der Waals surface area contributed by atoms with Crippen LogP contribution in [0.3, 0.4) is 0 Å². The van der Waals surface area contributed by atoms with Crippen LogP contribution in [0.1, 0.15) is 6.92 Å². The minimum absolute atomic E-state index is 0.301. The van der Waals surface area contributed by atoms with Gasteiger partial charge in [-0.15, -0.1) is 10.2 Å². The molecule has 1 heterocycles. The number of hydrogen-bond donors (Lipinski definition) is 0. The summed E-state index contributed by atoms with van der Waals surface area (Å²) in [5.74, 6) is 0.176. The minimum Gasteiger partial charge on any atom is -0.548 e. The number of rotatable bonds is 6. The van der Waals surface area contributed by atoms with E-state index in [1.165, 1.54) is 0 Å². The molecule has 2 rings (SSSR count). The van der Waals surface area contributed by atoms with Gasteiger partial charge in [0.2, 0.25) is 5.82 Å². The van der Waals surface area contributed by atoms with Crippen LogP contribution in [-0.4, -0.2) is 39.9 Å². The number of ether oxygens (including phenoxy) is 2. The molecule has 0 fully saturated rings. The first-order valence-corrected chi connectivity index (χ1v) is 5.93. The van der Waals surface area contributed by atoms with Crippen LogP contribution in [0.4, 0.5) is 0 Å². The van der Waals surface area contributed by atoms with Crippen LogP contribution >= 0.6 is 0 Å². The molecule has 20 heavy (non-hydrogen) atoms. The summed E-state index contributed by atoms with van der Waals surface area (Å²) in [5, 5.41) is 21.8. The lowest BCUT2D eigenvalue weighted by Crippen LogP contribution is -2.28. The maximum atomic E-state index is 10.5. The minimum atomic E-state index is -1.28. The second-order valence-corrected chi connectivity index (χ2v) is 3.81. The molecule has 8 nitrogen and oxygen atoms in total. The molecule has 0 amide bonds. The molecule has 0 N–H and O–H groups in total. The zero-order chi connectivity index (χ0) is 14.5. The molecular formula is C12H13N4O4-. The van der Waals surface area contributed by atoms with Crippen LogP contribution < -0.4 is 14.6 Å². The number of carboxylic acids is 1. The van der Waals surface area contributed by atoms with Gasteiger partial charge in [-0.25, -0.2) is 0 Å². The number of nitrogens with zero attached hydrogens (tertiary/aromatic N) is 4. The summed E-state index contributed by atoms with van der Waals surface area (Å²) in [6.45, 7) is 1.91. The highest BCUT2D eigenvalue weighted by Gasteiger charge is 2.11. The van der Waals surface area contributed by atoms with E-state index in [1.54, 1.807) is 25.3 Å². The van der Waals surface area contributed by atoms with E-state index in [4.69, 9.17) is 9.47 Å². The van der Waals surface area contributed by atoms with Gasteiger partial charge in [-0.3, -0.25) is 0 Å². The van der Waals surface area contributed by atoms with E-state index in [2.05, 4.69) is 15.4 Å². The van der Waals surface area contributed by atoms with Crippen molar-refractivity contribution in [2.45, 2.75) is 13.5 Å². The van der Waals surface area contributed by atoms with Gasteiger partial charge in [0.05, 0.1) is 19.7 Å². The lowest BCUT2D eigenvalue weighted by Gasteiger charge is -2.09. The topological polar surface area (TPSA) is 102 Å². The normalized spacial score (nSPS) is 10.3. The van der Waals surface area contributed by atoms with Gasteiger partial charge in [0.1, 0.15) is 6.54 Å². The molecule has 0 aliphatic rings. The number of methoxy groups -OCH3 is 1. The molecule has 2 aromatic rings. The zero-order valence-electron chi connectivity index (χ0n) is 11.1. The first kappa shape index (κ1) is 13.8. The number of carboxylic acid groups (broad SMARTS) is 1. The van der Waals surface area contributed by atoms with E-state index in [1.807, 2.05) is 6.92 Å². The predicted octanol–water partition coefficient (Wildman–Crippen LogP) is -0.503. The second-order valence-electron chi connectivity index (χ2n) is 3.81. The maximum absolute atomic E-state index is 10.5. The second kappa shape index (κ2) is 6.00. The Bertz CT molecular complexity index is 611. The Labute approximate surface area is 114 Å². The lowest BCUT2D eigenvalue weighted by atomic mass is 10.2. The third kappa shape index (κ3) is 3.02. The molecule has 0 atom stereocenters. The van der Waals surface area contributed by atoms with E-state index in [9.17, 15) is 9.90 Å². The van der Waals surface area contributed by atoms with E-state index in [-0.39, 0.29) is 0 Å². The molecular weight excluding hydrogens is 264 g/mol. The maximum Gasteiger partial charge on any atom is 0.205 e. The van der Waals surface area contributed by atoms with Crippen molar-refractivity contribution in [2.24, 2.45) is 0 Å². The van der Waals surface area contributed by atoms with Crippen molar-refractivity contribution < 1.29 is 19.4 Å². The monoisotopic (exact) mass is 277 g/mol. The Morgan fingerprint density at radius 2 is 2.20 bits per heavy atom. The number of carbonyl (C=O) groups excluding carboxylic acids is 1. The number of aliphatic carboxylic acids is 1. The summed E-state index contributed by atoms with van der Waals surface area (Å²) < 4.78 is 10.6. The van der Waals surface area contributed by atoms with Crippen molar-refractivity contribution >= 4 is 5.97 Å². The van der Waals surface area contributed by atoms with Crippen molar-refractivity contribution in [3.63, 3.8) is 0 Å². The van der Waals surface area contributed by atoms with Crippen LogP contribution in [0.25, 0.3) is 11.4 Å². The van der Waals surface area contributed by atoms with Gasteiger partial charge in [-0.1, -0.05) is 0 Å². The fourth-order valence-corrected chi connectivity index (χ4v) is 1.63. The van der Waals surface area contributed by atoms with Gasteiger partial charge in [0.25, 0.3) is 0 Å². The molecule has 0 aliphatic heterocycles. The smallest absolute Gasteiger partial charge is 0.205 e.